The van der Waals surface area contributed by atoms with Crippen molar-refractivity contribution in [3.63, 3.8) is 0 Å². The Kier molecular flexibility index (Phi) is 5.82. The molecule has 0 saturated heterocycles. The van der Waals surface area contributed by atoms with E-state index in [-0.39, 0.29) is 6.10 Å². The summed E-state index contributed by atoms with van der Waals surface area (Å²) in [7, 11) is 0. The van der Waals surface area contributed by atoms with Crippen molar-refractivity contribution in [2.24, 2.45) is 4.99 Å². The Morgan fingerprint density at radius 2 is 2.04 bits per heavy atom. The Labute approximate surface area is 145 Å². The maximum Gasteiger partial charge on any atom is 0.416 e. The second-order valence-electron chi connectivity index (χ2n) is 6.04. The molecule has 1 aliphatic rings. The highest BCUT2D eigenvalue weighted by Crippen LogP contribution is 2.33. The van der Waals surface area contributed by atoms with E-state index in [0.717, 1.165) is 23.3 Å². The molecule has 0 aromatic carbocycles. The molecule has 134 valence electrons. The Balaban J connectivity index is 2.39. The minimum Gasteiger partial charge on any atom is -0.489 e. The maximum atomic E-state index is 13.1. The first-order chi connectivity index (χ1) is 11.7. The van der Waals surface area contributed by atoms with Crippen molar-refractivity contribution < 1.29 is 17.9 Å². The zero-order valence-corrected chi connectivity index (χ0v) is 14.7. The minimum atomic E-state index is -4.42. The molecule has 0 fully saturated rings. The Morgan fingerprint density at radius 1 is 1.32 bits per heavy atom. The molecule has 0 spiro atoms. The Hall–Kier alpha value is -2.37. The lowest BCUT2D eigenvalue weighted by molar-refractivity contribution is -0.0882. The van der Waals surface area contributed by atoms with Crippen LogP contribution < -0.4 is 4.74 Å². The molecule has 2 heterocycles. The minimum absolute atomic E-state index is 0.0371. The third-order valence-corrected chi connectivity index (χ3v) is 3.55. The molecule has 6 heteroatoms. The molecule has 0 bridgehead atoms. The van der Waals surface area contributed by atoms with Gasteiger partial charge in [-0.3, -0.25) is 9.98 Å². The molecule has 0 atom stereocenters. The van der Waals surface area contributed by atoms with Gasteiger partial charge in [0, 0.05) is 18.2 Å². The van der Waals surface area contributed by atoms with E-state index in [1.54, 1.807) is 32.3 Å². The molecular weight excluding hydrogens is 329 g/mol. The smallest absolute Gasteiger partial charge is 0.416 e. The number of pyridine rings is 1. The van der Waals surface area contributed by atoms with Gasteiger partial charge in [0.05, 0.1) is 29.3 Å². The quantitative estimate of drug-likeness (QED) is 0.666. The van der Waals surface area contributed by atoms with Crippen LogP contribution in [0.5, 0.6) is 5.75 Å². The summed E-state index contributed by atoms with van der Waals surface area (Å²) in [5, 5.41) is 0. The van der Waals surface area contributed by atoms with Gasteiger partial charge in [0.2, 0.25) is 0 Å². The molecule has 0 radical (unpaired) electrons. The van der Waals surface area contributed by atoms with Gasteiger partial charge in [0.1, 0.15) is 5.75 Å². The zero-order valence-electron chi connectivity index (χ0n) is 14.7. The van der Waals surface area contributed by atoms with Crippen LogP contribution >= 0.6 is 0 Å². The summed E-state index contributed by atoms with van der Waals surface area (Å²) in [5.41, 5.74) is 1.85. The molecule has 1 aromatic heterocycles. The summed E-state index contributed by atoms with van der Waals surface area (Å²) in [4.78, 5) is 8.47. The predicted molar refractivity (Wildman–Crippen MR) is 92.8 cm³/mol. The highest BCUT2D eigenvalue weighted by Gasteiger charge is 2.32. The summed E-state index contributed by atoms with van der Waals surface area (Å²) in [6, 6.07) is 1.77. The fraction of sp³-hybridized carbons (Fsp3) is 0.368. The number of alkyl halides is 3. The normalized spacial score (nSPS) is 16.2. The van der Waals surface area contributed by atoms with E-state index >= 15 is 0 Å². The number of nitrogens with zero attached hydrogens (tertiary/aromatic N) is 2. The van der Waals surface area contributed by atoms with Crippen molar-refractivity contribution in [1.29, 1.82) is 0 Å². The van der Waals surface area contributed by atoms with Crippen molar-refractivity contribution in [3.8, 4) is 5.75 Å². The van der Waals surface area contributed by atoms with Crippen LogP contribution in [-0.4, -0.2) is 23.0 Å². The van der Waals surface area contributed by atoms with Gasteiger partial charge in [0.15, 0.2) is 0 Å². The highest BCUT2D eigenvalue weighted by molar-refractivity contribution is 6.06. The van der Waals surface area contributed by atoms with Gasteiger partial charge in [-0.15, -0.1) is 0 Å². The molecule has 2 rings (SSSR count). The third kappa shape index (κ3) is 4.81. The second kappa shape index (κ2) is 7.68. The van der Waals surface area contributed by atoms with Crippen LogP contribution in [0.3, 0.4) is 0 Å². The first kappa shape index (κ1) is 19.0. The summed E-state index contributed by atoms with van der Waals surface area (Å²) in [6.45, 7) is 7.14. The summed E-state index contributed by atoms with van der Waals surface area (Å²) < 4.78 is 45.0. The van der Waals surface area contributed by atoms with Gasteiger partial charge < -0.3 is 4.74 Å². The van der Waals surface area contributed by atoms with Crippen LogP contribution in [0.25, 0.3) is 0 Å². The molecule has 0 saturated carbocycles. The Morgan fingerprint density at radius 3 is 2.64 bits per heavy atom. The first-order valence-corrected chi connectivity index (χ1v) is 8.02. The van der Waals surface area contributed by atoms with Gasteiger partial charge in [-0.2, -0.15) is 13.2 Å². The summed E-state index contributed by atoms with van der Waals surface area (Å²) in [6.07, 6.45) is 2.75. The number of rotatable bonds is 5. The largest absolute Gasteiger partial charge is 0.489 e. The van der Waals surface area contributed by atoms with Gasteiger partial charge in [-0.1, -0.05) is 12.2 Å². The van der Waals surface area contributed by atoms with E-state index in [2.05, 4.69) is 9.98 Å². The fourth-order valence-electron chi connectivity index (χ4n) is 2.45. The lowest BCUT2D eigenvalue weighted by atomic mass is 10.0. The van der Waals surface area contributed by atoms with Gasteiger partial charge in [-0.05, 0) is 45.4 Å². The van der Waals surface area contributed by atoms with Gasteiger partial charge >= 0.3 is 6.18 Å². The van der Waals surface area contributed by atoms with Crippen LogP contribution in [0.2, 0.25) is 0 Å². The SMILES string of the molecule is CC=C/C(=C\C1=C(C)CC(c2ccncc2OC(C)C)=N1)C(F)(F)F. The van der Waals surface area contributed by atoms with Gasteiger partial charge in [0.25, 0.3) is 0 Å². The topological polar surface area (TPSA) is 34.5 Å². The zero-order chi connectivity index (χ0) is 18.6. The van der Waals surface area contributed by atoms with Crippen molar-refractivity contribution >= 4 is 5.71 Å². The van der Waals surface area contributed by atoms with Crippen LogP contribution in [-0.2, 0) is 0 Å². The molecular formula is C19H21F3N2O. The lowest BCUT2D eigenvalue weighted by Crippen LogP contribution is -2.10. The second-order valence-corrected chi connectivity index (χ2v) is 6.04. The fourth-order valence-corrected chi connectivity index (χ4v) is 2.45. The average Bonchev–Trinajstić information content (AvgIpc) is 2.87. The van der Waals surface area contributed by atoms with E-state index < -0.39 is 11.7 Å². The molecule has 3 nitrogen and oxygen atoms in total. The number of allylic oxidation sites excluding steroid dienone is 5. The molecule has 1 aliphatic heterocycles. The summed E-state index contributed by atoms with van der Waals surface area (Å²) in [5.74, 6) is 0.582. The number of aliphatic imine (C=N–C) groups is 1. The van der Waals surface area contributed by atoms with Gasteiger partial charge in [-0.25, -0.2) is 0 Å². The molecule has 0 amide bonds. The third-order valence-electron chi connectivity index (χ3n) is 3.55. The number of aromatic nitrogens is 1. The number of hydrogen-bond acceptors (Lipinski definition) is 3. The standard InChI is InChI=1S/C19H21F3N2O/c1-5-6-14(19(20,21)22)10-16-13(4)9-17(24-16)15-7-8-23-11-18(15)25-12(2)3/h5-8,10-12H,9H2,1-4H3/b6-5?,14-10+. The number of halogens is 3. The van der Waals surface area contributed by atoms with E-state index in [9.17, 15) is 13.2 Å². The maximum absolute atomic E-state index is 13.1. The first-order valence-electron chi connectivity index (χ1n) is 8.02. The van der Waals surface area contributed by atoms with Crippen LogP contribution in [0, 0.1) is 0 Å². The monoisotopic (exact) mass is 350 g/mol. The van der Waals surface area contributed by atoms with Crippen LogP contribution in [0.1, 0.15) is 39.7 Å². The molecule has 0 aliphatic carbocycles. The molecule has 25 heavy (non-hydrogen) atoms. The Bertz CT molecular complexity index is 756. The van der Waals surface area contributed by atoms with E-state index in [0.29, 0.717) is 23.6 Å². The number of hydrogen-bond donors (Lipinski definition) is 0. The lowest BCUT2D eigenvalue weighted by Gasteiger charge is -2.13. The average molecular weight is 350 g/mol. The summed E-state index contributed by atoms with van der Waals surface area (Å²) >= 11 is 0. The number of ether oxygens (including phenoxy) is 1. The van der Waals surface area contributed by atoms with Crippen LogP contribution in [0.4, 0.5) is 13.2 Å². The van der Waals surface area contributed by atoms with E-state index in [1.807, 2.05) is 13.8 Å². The van der Waals surface area contributed by atoms with E-state index in [4.69, 9.17) is 4.74 Å². The van der Waals surface area contributed by atoms with Crippen molar-refractivity contribution in [2.75, 3.05) is 0 Å². The van der Waals surface area contributed by atoms with Crippen molar-refractivity contribution in [1.82, 2.24) is 4.98 Å². The van der Waals surface area contributed by atoms with E-state index in [1.165, 1.54) is 6.08 Å². The van der Waals surface area contributed by atoms with Crippen molar-refractivity contribution in [3.05, 3.63) is 59.1 Å². The molecule has 0 unspecified atom stereocenters. The predicted octanol–water partition coefficient (Wildman–Crippen LogP) is 5.40. The van der Waals surface area contributed by atoms with Crippen LogP contribution in [0.15, 0.2) is 58.5 Å². The molecule has 1 aromatic rings. The van der Waals surface area contributed by atoms with Crippen molar-refractivity contribution in [2.45, 2.75) is 46.4 Å². The highest BCUT2D eigenvalue weighted by atomic mass is 19.4. The molecule has 0 N–H and O–H groups in total.